The lowest BCUT2D eigenvalue weighted by molar-refractivity contribution is -0.118. The van der Waals surface area contributed by atoms with E-state index in [-0.39, 0.29) is 0 Å². The largest absolute Gasteiger partial charge is 0.299 e. The second kappa shape index (κ2) is 10.6. The van der Waals surface area contributed by atoms with Crippen molar-refractivity contribution in [2.45, 2.75) is 91.0 Å². The maximum Gasteiger partial charge on any atom is 0.138 e. The number of hydrogen-bond donors (Lipinski definition) is 0. The van der Waals surface area contributed by atoms with Gasteiger partial charge in [-0.2, -0.15) is 5.10 Å². The molecule has 1 heterocycles. The molecule has 1 aromatic rings. The molecule has 3 nitrogen and oxygen atoms in total. The predicted molar refractivity (Wildman–Crippen MR) is 88.6 cm³/mol. The summed E-state index contributed by atoms with van der Waals surface area (Å²) >= 11 is 0. The Kier molecular flexibility index (Phi) is 9.04. The monoisotopic (exact) mass is 292 g/mol. The first-order valence-electron chi connectivity index (χ1n) is 8.76. The highest BCUT2D eigenvalue weighted by molar-refractivity contribution is 5.80. The molecule has 0 aliphatic carbocycles. The Morgan fingerprint density at radius 1 is 1.10 bits per heavy atom. The molecule has 0 fully saturated rings. The van der Waals surface area contributed by atoms with Gasteiger partial charge >= 0.3 is 0 Å². The number of hydrogen-bond acceptors (Lipinski definition) is 2. The standard InChI is InChI=1S/C18H32N2O/c1-4-7-8-9-10-11-12-18(21)15-16-13-14-20(19-16)17(5-2)6-3/h13-14,17H,4-12,15H2,1-3H3. The van der Waals surface area contributed by atoms with Crippen LogP contribution in [0.4, 0.5) is 0 Å². The number of aromatic nitrogens is 2. The minimum atomic E-state index is 0.334. The van der Waals surface area contributed by atoms with Crippen LogP contribution >= 0.6 is 0 Å². The van der Waals surface area contributed by atoms with E-state index >= 15 is 0 Å². The third kappa shape index (κ3) is 6.92. The molecule has 0 aromatic carbocycles. The zero-order valence-electron chi connectivity index (χ0n) is 14.1. The highest BCUT2D eigenvalue weighted by Gasteiger charge is 2.10. The van der Waals surface area contributed by atoms with Crippen LogP contribution in [0.15, 0.2) is 12.3 Å². The lowest BCUT2D eigenvalue weighted by Crippen LogP contribution is -2.09. The van der Waals surface area contributed by atoms with Crippen molar-refractivity contribution in [3.8, 4) is 0 Å². The molecule has 0 amide bonds. The first-order valence-corrected chi connectivity index (χ1v) is 8.76. The van der Waals surface area contributed by atoms with Gasteiger partial charge < -0.3 is 0 Å². The van der Waals surface area contributed by atoms with Crippen LogP contribution in [0, 0.1) is 0 Å². The predicted octanol–water partition coefficient (Wildman–Crippen LogP) is 5.11. The van der Waals surface area contributed by atoms with Crippen molar-refractivity contribution >= 4 is 5.78 Å². The SMILES string of the molecule is CCCCCCCCC(=O)Cc1ccn(C(CC)CC)n1. The molecule has 0 saturated carbocycles. The fourth-order valence-corrected chi connectivity index (χ4v) is 2.73. The Bertz CT molecular complexity index is 394. The third-order valence-electron chi connectivity index (χ3n) is 4.17. The molecule has 0 aliphatic heterocycles. The Morgan fingerprint density at radius 3 is 2.43 bits per heavy atom. The summed E-state index contributed by atoms with van der Waals surface area (Å²) in [6.07, 6.45) is 12.8. The van der Waals surface area contributed by atoms with Crippen molar-refractivity contribution in [3.63, 3.8) is 0 Å². The van der Waals surface area contributed by atoms with Gasteiger partial charge in [0.15, 0.2) is 0 Å². The number of carbonyl (C=O) groups excluding carboxylic acids is 1. The van der Waals surface area contributed by atoms with E-state index in [1.54, 1.807) is 0 Å². The summed E-state index contributed by atoms with van der Waals surface area (Å²) in [4.78, 5) is 12.0. The van der Waals surface area contributed by atoms with Crippen LogP contribution in [0.25, 0.3) is 0 Å². The summed E-state index contributed by atoms with van der Waals surface area (Å²) in [6, 6.07) is 2.46. The molecule has 21 heavy (non-hydrogen) atoms. The summed E-state index contributed by atoms with van der Waals surface area (Å²) < 4.78 is 2.02. The molecule has 120 valence electrons. The molecule has 0 aliphatic rings. The summed E-state index contributed by atoms with van der Waals surface area (Å²) in [5, 5.41) is 4.56. The number of ketones is 1. The highest BCUT2D eigenvalue weighted by atomic mass is 16.1. The second-order valence-corrected chi connectivity index (χ2v) is 5.99. The smallest absolute Gasteiger partial charge is 0.138 e. The van der Waals surface area contributed by atoms with E-state index in [1.807, 2.05) is 16.9 Å². The van der Waals surface area contributed by atoms with Crippen molar-refractivity contribution in [1.82, 2.24) is 9.78 Å². The molecule has 0 saturated heterocycles. The number of carbonyl (C=O) groups is 1. The van der Waals surface area contributed by atoms with Gasteiger partial charge in [-0.05, 0) is 25.3 Å². The molecule has 0 radical (unpaired) electrons. The minimum Gasteiger partial charge on any atom is -0.299 e. The van der Waals surface area contributed by atoms with Crippen LogP contribution in [0.2, 0.25) is 0 Å². The van der Waals surface area contributed by atoms with Gasteiger partial charge in [0.2, 0.25) is 0 Å². The topological polar surface area (TPSA) is 34.9 Å². The normalized spacial score (nSPS) is 11.2. The van der Waals surface area contributed by atoms with E-state index in [0.29, 0.717) is 24.7 Å². The Hall–Kier alpha value is -1.12. The summed E-state index contributed by atoms with van der Waals surface area (Å²) in [5.74, 6) is 0.334. The molecule has 0 N–H and O–H groups in total. The summed E-state index contributed by atoms with van der Waals surface area (Å²) in [6.45, 7) is 6.59. The lowest BCUT2D eigenvalue weighted by Gasteiger charge is -2.12. The number of nitrogens with zero attached hydrogens (tertiary/aromatic N) is 2. The van der Waals surface area contributed by atoms with E-state index < -0.39 is 0 Å². The molecular weight excluding hydrogens is 260 g/mol. The third-order valence-corrected chi connectivity index (χ3v) is 4.17. The Balaban J connectivity index is 2.25. The van der Waals surface area contributed by atoms with Crippen LogP contribution < -0.4 is 0 Å². The zero-order chi connectivity index (χ0) is 15.5. The van der Waals surface area contributed by atoms with Gasteiger partial charge in [0.05, 0.1) is 18.2 Å². The van der Waals surface area contributed by atoms with Gasteiger partial charge in [-0.1, -0.05) is 52.9 Å². The molecule has 0 unspecified atom stereocenters. The first kappa shape index (κ1) is 17.9. The molecule has 0 spiro atoms. The van der Waals surface area contributed by atoms with Crippen molar-refractivity contribution in [2.75, 3.05) is 0 Å². The van der Waals surface area contributed by atoms with Crippen LogP contribution in [-0.2, 0) is 11.2 Å². The van der Waals surface area contributed by atoms with Crippen molar-refractivity contribution in [3.05, 3.63) is 18.0 Å². The fourth-order valence-electron chi connectivity index (χ4n) is 2.73. The second-order valence-electron chi connectivity index (χ2n) is 5.99. The molecule has 1 rings (SSSR count). The van der Waals surface area contributed by atoms with Crippen molar-refractivity contribution < 1.29 is 4.79 Å². The highest BCUT2D eigenvalue weighted by Crippen LogP contribution is 2.15. The van der Waals surface area contributed by atoms with Gasteiger partial charge in [0.25, 0.3) is 0 Å². The zero-order valence-corrected chi connectivity index (χ0v) is 14.1. The number of rotatable bonds is 12. The van der Waals surface area contributed by atoms with E-state index in [1.165, 1.54) is 32.1 Å². The Labute approximate surface area is 130 Å². The number of Topliss-reactive ketones (excluding diaryl/α,β-unsaturated/α-hetero) is 1. The van der Waals surface area contributed by atoms with Crippen molar-refractivity contribution in [2.24, 2.45) is 0 Å². The first-order chi connectivity index (χ1) is 10.2. The maximum absolute atomic E-state index is 12.0. The van der Waals surface area contributed by atoms with Crippen LogP contribution in [-0.4, -0.2) is 15.6 Å². The minimum absolute atomic E-state index is 0.334. The van der Waals surface area contributed by atoms with Gasteiger partial charge in [-0.25, -0.2) is 0 Å². The average Bonchev–Trinajstić information content (AvgIpc) is 2.92. The van der Waals surface area contributed by atoms with E-state index in [9.17, 15) is 4.79 Å². The van der Waals surface area contributed by atoms with Crippen LogP contribution in [0.5, 0.6) is 0 Å². The molecule has 0 bridgehead atoms. The van der Waals surface area contributed by atoms with Gasteiger partial charge in [-0.15, -0.1) is 0 Å². The summed E-state index contributed by atoms with van der Waals surface area (Å²) in [5.41, 5.74) is 0.929. The molecular formula is C18H32N2O. The lowest BCUT2D eigenvalue weighted by atomic mass is 10.1. The van der Waals surface area contributed by atoms with E-state index in [0.717, 1.165) is 25.0 Å². The quantitative estimate of drug-likeness (QED) is 0.502. The summed E-state index contributed by atoms with van der Waals surface area (Å²) in [7, 11) is 0. The van der Waals surface area contributed by atoms with Gasteiger partial charge in [-0.3, -0.25) is 9.48 Å². The maximum atomic E-state index is 12.0. The van der Waals surface area contributed by atoms with Gasteiger partial charge in [0.1, 0.15) is 5.78 Å². The van der Waals surface area contributed by atoms with Crippen molar-refractivity contribution in [1.29, 1.82) is 0 Å². The molecule has 1 aromatic heterocycles. The fraction of sp³-hybridized carbons (Fsp3) is 0.778. The van der Waals surface area contributed by atoms with Gasteiger partial charge in [0, 0.05) is 12.6 Å². The van der Waals surface area contributed by atoms with Crippen LogP contribution in [0.1, 0.15) is 90.3 Å². The van der Waals surface area contributed by atoms with Crippen LogP contribution in [0.3, 0.4) is 0 Å². The number of unbranched alkanes of at least 4 members (excludes halogenated alkanes) is 5. The van der Waals surface area contributed by atoms with E-state index in [2.05, 4.69) is 25.9 Å². The average molecular weight is 292 g/mol. The van der Waals surface area contributed by atoms with E-state index in [4.69, 9.17) is 0 Å². The molecule has 0 atom stereocenters. The molecule has 3 heteroatoms. The Morgan fingerprint density at radius 2 is 1.76 bits per heavy atom.